The molecule has 1 N–H and O–H groups in total. The average Bonchev–Trinajstić information content (AvgIpc) is 2.47. The summed E-state index contributed by atoms with van der Waals surface area (Å²) in [7, 11) is 3.88. The number of hydrogen-bond acceptors (Lipinski definition) is 7. The molecule has 1 aromatic heterocycles. The van der Waals surface area contributed by atoms with E-state index in [0.717, 1.165) is 25.5 Å². The van der Waals surface area contributed by atoms with E-state index in [1.165, 1.54) is 0 Å². The van der Waals surface area contributed by atoms with Crippen LogP contribution in [0.5, 0.6) is 0 Å². The SMILES string of the molecule is CCCNc1nc(N(C)C)nc(N2CC(C)OCC2C)n1. The Labute approximate surface area is 126 Å². The number of nitrogens with one attached hydrogen (secondary N) is 1. The van der Waals surface area contributed by atoms with Crippen LogP contribution >= 0.6 is 0 Å². The Morgan fingerprint density at radius 1 is 1.29 bits per heavy atom. The van der Waals surface area contributed by atoms with Crippen molar-refractivity contribution in [3.63, 3.8) is 0 Å². The molecule has 2 atom stereocenters. The Kier molecular flexibility index (Phi) is 5.17. The van der Waals surface area contributed by atoms with Crippen LogP contribution in [0.3, 0.4) is 0 Å². The van der Waals surface area contributed by atoms with Crippen LogP contribution in [0.15, 0.2) is 0 Å². The Hall–Kier alpha value is -1.63. The molecule has 0 aliphatic carbocycles. The molecule has 0 saturated carbocycles. The lowest BCUT2D eigenvalue weighted by molar-refractivity contribution is 0.0337. The maximum Gasteiger partial charge on any atom is 0.232 e. The highest BCUT2D eigenvalue weighted by Crippen LogP contribution is 2.21. The van der Waals surface area contributed by atoms with E-state index in [2.05, 4.69) is 45.9 Å². The summed E-state index contributed by atoms with van der Waals surface area (Å²) in [4.78, 5) is 17.7. The van der Waals surface area contributed by atoms with Gasteiger partial charge in [0.15, 0.2) is 0 Å². The van der Waals surface area contributed by atoms with Crippen molar-refractivity contribution in [1.29, 1.82) is 0 Å². The topological polar surface area (TPSA) is 66.4 Å². The molecular weight excluding hydrogens is 268 g/mol. The standard InChI is InChI=1S/C14H26N6O/c1-6-7-15-12-16-13(19(4)5)18-14(17-12)20-8-11(3)21-9-10(20)2/h10-11H,6-9H2,1-5H3,(H,15,16,17,18). The Morgan fingerprint density at radius 3 is 2.71 bits per heavy atom. The zero-order valence-electron chi connectivity index (χ0n) is 13.6. The number of anilines is 3. The van der Waals surface area contributed by atoms with Gasteiger partial charge in [0.1, 0.15) is 0 Å². The van der Waals surface area contributed by atoms with Crippen molar-refractivity contribution < 1.29 is 4.74 Å². The number of morpholine rings is 1. The van der Waals surface area contributed by atoms with Crippen molar-refractivity contribution >= 4 is 17.8 Å². The fourth-order valence-corrected chi connectivity index (χ4v) is 2.18. The minimum atomic E-state index is 0.188. The third-order valence-corrected chi connectivity index (χ3v) is 3.41. The first kappa shape index (κ1) is 15.8. The van der Waals surface area contributed by atoms with Gasteiger partial charge in [-0.05, 0) is 20.3 Å². The molecule has 1 aliphatic rings. The summed E-state index contributed by atoms with van der Waals surface area (Å²) in [6, 6.07) is 0.262. The molecule has 1 aromatic rings. The zero-order valence-corrected chi connectivity index (χ0v) is 13.6. The van der Waals surface area contributed by atoms with Crippen LogP contribution in [0.1, 0.15) is 27.2 Å². The Morgan fingerprint density at radius 2 is 2.05 bits per heavy atom. The van der Waals surface area contributed by atoms with Gasteiger partial charge in [-0.3, -0.25) is 0 Å². The highest BCUT2D eigenvalue weighted by molar-refractivity contribution is 5.45. The quantitative estimate of drug-likeness (QED) is 0.879. The van der Waals surface area contributed by atoms with Gasteiger partial charge in [-0.15, -0.1) is 0 Å². The largest absolute Gasteiger partial charge is 0.375 e. The predicted octanol–water partition coefficient (Wildman–Crippen LogP) is 1.37. The van der Waals surface area contributed by atoms with Gasteiger partial charge in [-0.2, -0.15) is 15.0 Å². The summed E-state index contributed by atoms with van der Waals surface area (Å²) in [6.07, 6.45) is 1.22. The van der Waals surface area contributed by atoms with Gasteiger partial charge in [0.2, 0.25) is 17.8 Å². The lowest BCUT2D eigenvalue weighted by Gasteiger charge is -2.37. The zero-order chi connectivity index (χ0) is 15.4. The molecule has 0 amide bonds. The molecule has 0 bridgehead atoms. The van der Waals surface area contributed by atoms with E-state index in [0.29, 0.717) is 18.5 Å². The average molecular weight is 294 g/mol. The number of nitrogens with zero attached hydrogens (tertiary/aromatic N) is 5. The minimum Gasteiger partial charge on any atom is -0.375 e. The van der Waals surface area contributed by atoms with Crippen LogP contribution in [0.2, 0.25) is 0 Å². The summed E-state index contributed by atoms with van der Waals surface area (Å²) in [5.41, 5.74) is 0. The summed E-state index contributed by atoms with van der Waals surface area (Å²) in [5.74, 6) is 2.02. The van der Waals surface area contributed by atoms with Crippen LogP contribution in [0, 0.1) is 0 Å². The molecule has 0 spiro atoms. The van der Waals surface area contributed by atoms with Crippen molar-refractivity contribution in [1.82, 2.24) is 15.0 Å². The molecule has 1 fully saturated rings. The van der Waals surface area contributed by atoms with E-state index in [-0.39, 0.29) is 12.1 Å². The fourth-order valence-electron chi connectivity index (χ4n) is 2.18. The van der Waals surface area contributed by atoms with Crippen molar-refractivity contribution in [2.45, 2.75) is 39.3 Å². The molecule has 2 heterocycles. The van der Waals surface area contributed by atoms with Crippen LogP contribution in [0.25, 0.3) is 0 Å². The molecule has 1 saturated heterocycles. The van der Waals surface area contributed by atoms with E-state index >= 15 is 0 Å². The first-order chi connectivity index (χ1) is 10.0. The van der Waals surface area contributed by atoms with Crippen molar-refractivity contribution in [2.24, 2.45) is 0 Å². The molecule has 21 heavy (non-hydrogen) atoms. The Balaban J connectivity index is 2.29. The van der Waals surface area contributed by atoms with Crippen molar-refractivity contribution in [3.05, 3.63) is 0 Å². The molecule has 0 radical (unpaired) electrons. The number of hydrogen-bond donors (Lipinski definition) is 1. The van der Waals surface area contributed by atoms with E-state index in [9.17, 15) is 0 Å². The molecule has 0 aromatic carbocycles. The molecule has 7 heteroatoms. The van der Waals surface area contributed by atoms with Crippen LogP contribution in [-0.4, -0.2) is 60.9 Å². The maximum atomic E-state index is 5.68. The smallest absolute Gasteiger partial charge is 0.232 e. The predicted molar refractivity (Wildman–Crippen MR) is 85.2 cm³/mol. The molecular formula is C14H26N6O. The third-order valence-electron chi connectivity index (χ3n) is 3.41. The lowest BCUT2D eigenvalue weighted by Crippen LogP contribution is -2.48. The van der Waals surface area contributed by atoms with Gasteiger partial charge in [0.25, 0.3) is 0 Å². The monoisotopic (exact) mass is 294 g/mol. The lowest BCUT2D eigenvalue weighted by atomic mass is 10.2. The normalized spacial score (nSPS) is 22.2. The molecule has 118 valence electrons. The molecule has 1 aliphatic heterocycles. The van der Waals surface area contributed by atoms with Crippen LogP contribution < -0.4 is 15.1 Å². The van der Waals surface area contributed by atoms with Crippen molar-refractivity contribution in [2.75, 3.05) is 48.9 Å². The van der Waals surface area contributed by atoms with Crippen LogP contribution in [-0.2, 0) is 4.74 Å². The minimum absolute atomic E-state index is 0.188. The summed E-state index contributed by atoms with van der Waals surface area (Å²) in [6.45, 7) is 8.67. The van der Waals surface area contributed by atoms with Crippen molar-refractivity contribution in [3.8, 4) is 0 Å². The summed E-state index contributed by atoms with van der Waals surface area (Å²) < 4.78 is 5.68. The second-order valence-corrected chi connectivity index (χ2v) is 5.73. The third kappa shape index (κ3) is 3.93. The second kappa shape index (κ2) is 6.89. The summed E-state index contributed by atoms with van der Waals surface area (Å²) >= 11 is 0. The number of ether oxygens (including phenoxy) is 1. The first-order valence-electron chi connectivity index (χ1n) is 7.56. The van der Waals surface area contributed by atoms with Gasteiger partial charge in [0, 0.05) is 27.2 Å². The van der Waals surface area contributed by atoms with Gasteiger partial charge >= 0.3 is 0 Å². The van der Waals surface area contributed by atoms with Gasteiger partial charge < -0.3 is 19.9 Å². The second-order valence-electron chi connectivity index (χ2n) is 5.73. The molecule has 2 rings (SSSR count). The molecule has 7 nitrogen and oxygen atoms in total. The van der Waals surface area contributed by atoms with E-state index in [1.54, 1.807) is 0 Å². The van der Waals surface area contributed by atoms with E-state index in [1.807, 2.05) is 19.0 Å². The van der Waals surface area contributed by atoms with E-state index < -0.39 is 0 Å². The van der Waals surface area contributed by atoms with Gasteiger partial charge in [0.05, 0.1) is 18.8 Å². The Bertz CT molecular complexity index is 467. The fraction of sp³-hybridized carbons (Fsp3) is 0.786. The van der Waals surface area contributed by atoms with Crippen LogP contribution in [0.4, 0.5) is 17.8 Å². The maximum absolute atomic E-state index is 5.68. The summed E-state index contributed by atoms with van der Waals surface area (Å²) in [5, 5.41) is 3.25. The highest BCUT2D eigenvalue weighted by Gasteiger charge is 2.26. The first-order valence-corrected chi connectivity index (χ1v) is 7.56. The number of rotatable bonds is 5. The van der Waals surface area contributed by atoms with E-state index in [4.69, 9.17) is 4.74 Å². The van der Waals surface area contributed by atoms with Gasteiger partial charge in [-0.1, -0.05) is 6.92 Å². The highest BCUT2D eigenvalue weighted by atomic mass is 16.5. The van der Waals surface area contributed by atoms with Gasteiger partial charge in [-0.25, -0.2) is 0 Å². The molecule has 2 unspecified atom stereocenters. The number of aromatic nitrogens is 3.